The van der Waals surface area contributed by atoms with Crippen molar-refractivity contribution < 1.29 is 18.7 Å². The first-order valence-corrected chi connectivity index (χ1v) is 8.41. The molecule has 3 rings (SSSR count). The average Bonchev–Trinajstić information content (AvgIpc) is 3.09. The maximum atomic E-state index is 12.1. The first kappa shape index (κ1) is 17.9. The van der Waals surface area contributed by atoms with E-state index in [1.165, 1.54) is 0 Å². The number of esters is 1. The van der Waals surface area contributed by atoms with Gasteiger partial charge in [-0.15, -0.1) is 10.2 Å². The molecule has 0 aliphatic carbocycles. The number of ether oxygens (including phenoxy) is 2. The van der Waals surface area contributed by atoms with Crippen LogP contribution >= 0.6 is 11.6 Å². The Balaban J connectivity index is 1.58. The van der Waals surface area contributed by atoms with Crippen LogP contribution in [0.1, 0.15) is 30.1 Å². The molecule has 6 nitrogen and oxygen atoms in total. The number of halogens is 1. The fourth-order valence-electron chi connectivity index (χ4n) is 2.17. The van der Waals surface area contributed by atoms with Gasteiger partial charge < -0.3 is 13.9 Å². The van der Waals surface area contributed by atoms with Crippen molar-refractivity contribution in [1.82, 2.24) is 10.2 Å². The highest BCUT2D eigenvalue weighted by Crippen LogP contribution is 2.20. The smallest absolute Gasteiger partial charge is 0.338 e. The van der Waals surface area contributed by atoms with Crippen molar-refractivity contribution in [3.8, 4) is 17.2 Å². The van der Waals surface area contributed by atoms with Gasteiger partial charge in [0.25, 0.3) is 5.89 Å². The van der Waals surface area contributed by atoms with Crippen molar-refractivity contribution in [3.05, 3.63) is 65.0 Å². The van der Waals surface area contributed by atoms with E-state index in [2.05, 4.69) is 10.2 Å². The zero-order valence-corrected chi connectivity index (χ0v) is 15.1. The molecule has 0 unspecified atom stereocenters. The SMILES string of the molecule is CC(C)Oc1ccc(C(=O)OCc2nnc(-c3ccc(Cl)cc3)o2)cc1. The number of rotatable bonds is 6. The fourth-order valence-corrected chi connectivity index (χ4v) is 2.30. The van der Waals surface area contributed by atoms with E-state index in [1.54, 1.807) is 48.5 Å². The van der Waals surface area contributed by atoms with Gasteiger partial charge in [0.15, 0.2) is 6.61 Å². The Bertz CT molecular complexity index is 873. The molecule has 0 saturated carbocycles. The van der Waals surface area contributed by atoms with E-state index < -0.39 is 5.97 Å². The highest BCUT2D eigenvalue weighted by atomic mass is 35.5. The van der Waals surface area contributed by atoms with E-state index in [4.69, 9.17) is 25.5 Å². The lowest BCUT2D eigenvalue weighted by molar-refractivity contribution is 0.0438. The molecule has 3 aromatic rings. The molecule has 1 heterocycles. The van der Waals surface area contributed by atoms with Crippen LogP contribution in [0.15, 0.2) is 52.9 Å². The van der Waals surface area contributed by atoms with Gasteiger partial charge in [-0.05, 0) is 62.4 Å². The Hall–Kier alpha value is -2.86. The minimum Gasteiger partial charge on any atom is -0.491 e. The number of carbonyl (C=O) groups is 1. The van der Waals surface area contributed by atoms with Crippen molar-refractivity contribution in [2.45, 2.75) is 26.6 Å². The van der Waals surface area contributed by atoms with Crippen LogP contribution in [0.5, 0.6) is 5.75 Å². The van der Waals surface area contributed by atoms with E-state index in [9.17, 15) is 4.79 Å². The molecular weight excluding hydrogens is 356 g/mol. The van der Waals surface area contributed by atoms with Crippen molar-refractivity contribution in [2.75, 3.05) is 0 Å². The zero-order valence-electron chi connectivity index (χ0n) is 14.3. The Morgan fingerprint density at radius 3 is 2.42 bits per heavy atom. The molecule has 0 aliphatic heterocycles. The highest BCUT2D eigenvalue weighted by molar-refractivity contribution is 6.30. The van der Waals surface area contributed by atoms with E-state index in [1.807, 2.05) is 13.8 Å². The van der Waals surface area contributed by atoms with Crippen LogP contribution in [0.3, 0.4) is 0 Å². The Labute approximate surface area is 155 Å². The summed E-state index contributed by atoms with van der Waals surface area (Å²) in [5, 5.41) is 8.44. The summed E-state index contributed by atoms with van der Waals surface area (Å²) in [7, 11) is 0. The predicted octanol–water partition coefficient (Wildman–Crippen LogP) is 4.53. The number of hydrogen-bond donors (Lipinski definition) is 0. The third-order valence-electron chi connectivity index (χ3n) is 3.35. The molecule has 0 radical (unpaired) electrons. The van der Waals surface area contributed by atoms with Gasteiger partial charge >= 0.3 is 5.97 Å². The molecule has 0 saturated heterocycles. The first-order valence-electron chi connectivity index (χ1n) is 8.03. The summed E-state index contributed by atoms with van der Waals surface area (Å²) in [5.41, 5.74) is 1.15. The summed E-state index contributed by atoms with van der Waals surface area (Å²) in [6, 6.07) is 13.7. The van der Waals surface area contributed by atoms with Crippen LogP contribution in [0.25, 0.3) is 11.5 Å². The quantitative estimate of drug-likeness (QED) is 0.591. The number of carbonyl (C=O) groups excluding carboxylic acids is 1. The number of nitrogens with zero attached hydrogens (tertiary/aromatic N) is 2. The molecule has 0 atom stereocenters. The van der Waals surface area contributed by atoms with Crippen LogP contribution in [0.2, 0.25) is 5.02 Å². The largest absolute Gasteiger partial charge is 0.491 e. The summed E-state index contributed by atoms with van der Waals surface area (Å²) in [5.74, 6) is 0.763. The second-order valence-corrected chi connectivity index (χ2v) is 6.21. The average molecular weight is 373 g/mol. The van der Waals surface area contributed by atoms with E-state index in [0.717, 1.165) is 5.56 Å². The van der Waals surface area contributed by atoms with Gasteiger partial charge in [0.2, 0.25) is 5.89 Å². The molecule has 7 heteroatoms. The van der Waals surface area contributed by atoms with Gasteiger partial charge in [-0.2, -0.15) is 0 Å². The zero-order chi connectivity index (χ0) is 18.5. The topological polar surface area (TPSA) is 74.5 Å². The lowest BCUT2D eigenvalue weighted by Gasteiger charge is -2.09. The molecular formula is C19H17ClN2O4. The van der Waals surface area contributed by atoms with E-state index in [0.29, 0.717) is 22.2 Å². The summed E-state index contributed by atoms with van der Waals surface area (Å²) in [6.45, 7) is 3.76. The van der Waals surface area contributed by atoms with Gasteiger partial charge in [-0.1, -0.05) is 11.6 Å². The van der Waals surface area contributed by atoms with Crippen LogP contribution in [0, 0.1) is 0 Å². The van der Waals surface area contributed by atoms with Crippen molar-refractivity contribution >= 4 is 17.6 Å². The minimum absolute atomic E-state index is 0.0696. The normalized spacial score (nSPS) is 10.8. The monoisotopic (exact) mass is 372 g/mol. The van der Waals surface area contributed by atoms with Crippen molar-refractivity contribution in [3.63, 3.8) is 0 Å². The lowest BCUT2D eigenvalue weighted by Crippen LogP contribution is -2.07. The predicted molar refractivity (Wildman–Crippen MR) is 96.1 cm³/mol. The number of hydrogen-bond acceptors (Lipinski definition) is 6. The van der Waals surface area contributed by atoms with Gasteiger partial charge in [0.1, 0.15) is 5.75 Å². The first-order chi connectivity index (χ1) is 12.5. The lowest BCUT2D eigenvalue weighted by atomic mass is 10.2. The Morgan fingerprint density at radius 1 is 1.08 bits per heavy atom. The third kappa shape index (κ3) is 4.61. The van der Waals surface area contributed by atoms with Gasteiger partial charge in [0, 0.05) is 10.6 Å². The van der Waals surface area contributed by atoms with Gasteiger partial charge in [-0.25, -0.2) is 4.79 Å². The molecule has 0 fully saturated rings. The molecule has 0 bridgehead atoms. The Kier molecular flexibility index (Phi) is 5.53. The van der Waals surface area contributed by atoms with Crippen molar-refractivity contribution in [1.29, 1.82) is 0 Å². The maximum absolute atomic E-state index is 12.1. The third-order valence-corrected chi connectivity index (χ3v) is 3.60. The molecule has 134 valence electrons. The second kappa shape index (κ2) is 8.01. The van der Waals surface area contributed by atoms with Crippen molar-refractivity contribution in [2.24, 2.45) is 0 Å². The van der Waals surface area contributed by atoms with Gasteiger partial charge in [0.05, 0.1) is 11.7 Å². The summed E-state index contributed by atoms with van der Waals surface area (Å²) < 4.78 is 16.2. The van der Waals surface area contributed by atoms with Crippen LogP contribution in [-0.4, -0.2) is 22.3 Å². The maximum Gasteiger partial charge on any atom is 0.338 e. The molecule has 26 heavy (non-hydrogen) atoms. The van der Waals surface area contributed by atoms with Crippen LogP contribution < -0.4 is 4.74 Å². The van der Waals surface area contributed by atoms with Crippen LogP contribution in [-0.2, 0) is 11.3 Å². The summed E-state index contributed by atoms with van der Waals surface area (Å²) in [6.07, 6.45) is 0.0696. The molecule has 0 spiro atoms. The molecule has 2 aromatic carbocycles. The minimum atomic E-state index is -0.479. The van der Waals surface area contributed by atoms with E-state index in [-0.39, 0.29) is 18.6 Å². The standard InChI is InChI=1S/C19H17ClN2O4/c1-12(2)25-16-9-5-14(6-10-16)19(23)24-11-17-21-22-18(26-17)13-3-7-15(20)8-4-13/h3-10,12H,11H2,1-2H3. The second-order valence-electron chi connectivity index (χ2n) is 5.77. The highest BCUT2D eigenvalue weighted by Gasteiger charge is 2.12. The van der Waals surface area contributed by atoms with E-state index >= 15 is 0 Å². The summed E-state index contributed by atoms with van der Waals surface area (Å²) >= 11 is 5.85. The summed E-state index contributed by atoms with van der Waals surface area (Å²) in [4.78, 5) is 12.1. The van der Waals surface area contributed by atoms with Crippen LogP contribution in [0.4, 0.5) is 0 Å². The molecule has 1 aromatic heterocycles. The molecule has 0 aliphatic rings. The number of benzene rings is 2. The molecule has 0 N–H and O–H groups in total. The number of aromatic nitrogens is 2. The fraction of sp³-hybridized carbons (Fsp3) is 0.211. The Morgan fingerprint density at radius 2 is 1.77 bits per heavy atom. The van der Waals surface area contributed by atoms with Gasteiger partial charge in [-0.3, -0.25) is 0 Å². The molecule has 0 amide bonds.